The fourth-order valence-corrected chi connectivity index (χ4v) is 3.28. The second kappa shape index (κ2) is 7.68. The van der Waals surface area contributed by atoms with E-state index in [9.17, 15) is 8.42 Å². The Morgan fingerprint density at radius 1 is 1.28 bits per heavy atom. The lowest BCUT2D eigenvalue weighted by Crippen LogP contribution is -2.44. The molecule has 0 amide bonds. The standard InChI is InChI=1S/C12H26N2O2S.ClH/c1-10(11(2)17(4,15)16)14(3)9-12-5-7-13-8-6-12;/h10-13H,5-9H2,1-4H3;1H. The lowest BCUT2D eigenvalue weighted by atomic mass is 9.97. The molecule has 1 aliphatic rings. The van der Waals surface area contributed by atoms with Crippen LogP contribution in [0.2, 0.25) is 0 Å². The maximum Gasteiger partial charge on any atom is 0.151 e. The molecule has 1 N–H and O–H groups in total. The molecule has 0 aromatic rings. The highest BCUT2D eigenvalue weighted by molar-refractivity contribution is 7.91. The van der Waals surface area contributed by atoms with Crippen molar-refractivity contribution in [1.82, 2.24) is 10.2 Å². The number of hydrogen-bond donors (Lipinski definition) is 1. The highest BCUT2D eigenvalue weighted by atomic mass is 35.5. The summed E-state index contributed by atoms with van der Waals surface area (Å²) in [5, 5.41) is 3.05. The van der Waals surface area contributed by atoms with Crippen LogP contribution in [-0.2, 0) is 9.84 Å². The summed E-state index contributed by atoms with van der Waals surface area (Å²) in [6, 6.07) is 0.0832. The predicted octanol–water partition coefficient (Wildman–Crippen LogP) is 1.16. The Hall–Kier alpha value is 0.160. The monoisotopic (exact) mass is 298 g/mol. The molecule has 18 heavy (non-hydrogen) atoms. The largest absolute Gasteiger partial charge is 0.317 e. The predicted molar refractivity (Wildman–Crippen MR) is 79.2 cm³/mol. The Morgan fingerprint density at radius 2 is 1.78 bits per heavy atom. The number of nitrogens with one attached hydrogen (secondary N) is 1. The fourth-order valence-electron chi connectivity index (χ4n) is 2.35. The van der Waals surface area contributed by atoms with Gasteiger partial charge in [0.15, 0.2) is 9.84 Å². The first-order valence-corrected chi connectivity index (χ1v) is 8.37. The van der Waals surface area contributed by atoms with Crippen LogP contribution in [0.25, 0.3) is 0 Å². The lowest BCUT2D eigenvalue weighted by molar-refractivity contribution is 0.193. The van der Waals surface area contributed by atoms with Crippen molar-refractivity contribution in [2.24, 2.45) is 5.92 Å². The first-order chi connectivity index (χ1) is 7.82. The molecular weight excluding hydrogens is 272 g/mol. The number of hydrogen-bond acceptors (Lipinski definition) is 4. The molecule has 0 aromatic carbocycles. The molecule has 0 spiro atoms. The molecule has 0 radical (unpaired) electrons. The van der Waals surface area contributed by atoms with E-state index in [4.69, 9.17) is 0 Å². The lowest BCUT2D eigenvalue weighted by Gasteiger charge is -2.33. The number of sulfone groups is 1. The van der Waals surface area contributed by atoms with E-state index in [0.29, 0.717) is 5.92 Å². The third kappa shape index (κ3) is 5.43. The third-order valence-corrected chi connectivity index (χ3v) is 5.80. The van der Waals surface area contributed by atoms with Crippen molar-refractivity contribution in [2.45, 2.75) is 38.0 Å². The molecule has 1 fully saturated rings. The number of nitrogens with zero attached hydrogens (tertiary/aromatic N) is 1. The van der Waals surface area contributed by atoms with Crippen molar-refractivity contribution in [3.05, 3.63) is 0 Å². The van der Waals surface area contributed by atoms with Gasteiger partial charge in [-0.15, -0.1) is 12.4 Å². The van der Waals surface area contributed by atoms with Gasteiger partial charge in [-0.25, -0.2) is 8.42 Å². The van der Waals surface area contributed by atoms with E-state index in [0.717, 1.165) is 19.6 Å². The SMILES string of the molecule is CC(C(C)S(C)(=O)=O)N(C)CC1CCNCC1.Cl. The highest BCUT2D eigenvalue weighted by Crippen LogP contribution is 2.16. The van der Waals surface area contributed by atoms with Crippen molar-refractivity contribution in [3.8, 4) is 0 Å². The minimum Gasteiger partial charge on any atom is -0.317 e. The second-order valence-corrected chi connectivity index (χ2v) is 7.81. The van der Waals surface area contributed by atoms with Gasteiger partial charge in [-0.3, -0.25) is 0 Å². The summed E-state index contributed by atoms with van der Waals surface area (Å²) in [7, 11) is -0.906. The zero-order valence-electron chi connectivity index (χ0n) is 11.8. The van der Waals surface area contributed by atoms with Crippen molar-refractivity contribution < 1.29 is 8.42 Å². The Bertz CT molecular complexity index is 329. The van der Waals surface area contributed by atoms with Crippen LogP contribution < -0.4 is 5.32 Å². The van der Waals surface area contributed by atoms with Crippen LogP contribution in [-0.4, -0.2) is 57.5 Å². The molecule has 2 unspecified atom stereocenters. The first kappa shape index (κ1) is 18.2. The van der Waals surface area contributed by atoms with E-state index in [1.54, 1.807) is 6.92 Å². The number of piperidine rings is 1. The van der Waals surface area contributed by atoms with Crippen molar-refractivity contribution in [2.75, 3.05) is 32.9 Å². The average molecular weight is 299 g/mol. The molecule has 0 saturated carbocycles. The molecule has 4 nitrogen and oxygen atoms in total. The van der Waals surface area contributed by atoms with E-state index in [1.165, 1.54) is 19.1 Å². The Balaban J connectivity index is 0.00000289. The minimum atomic E-state index is -2.94. The van der Waals surface area contributed by atoms with Gasteiger partial charge in [-0.1, -0.05) is 0 Å². The minimum absolute atomic E-state index is 0. The zero-order valence-corrected chi connectivity index (χ0v) is 13.5. The van der Waals surface area contributed by atoms with E-state index in [-0.39, 0.29) is 23.7 Å². The molecule has 1 rings (SSSR count). The van der Waals surface area contributed by atoms with Crippen LogP contribution in [0.4, 0.5) is 0 Å². The molecule has 1 aliphatic heterocycles. The average Bonchev–Trinajstić information content (AvgIpc) is 2.27. The van der Waals surface area contributed by atoms with Gasteiger partial charge in [0.05, 0.1) is 5.25 Å². The summed E-state index contributed by atoms with van der Waals surface area (Å²) >= 11 is 0. The van der Waals surface area contributed by atoms with Crippen LogP contribution in [0.1, 0.15) is 26.7 Å². The van der Waals surface area contributed by atoms with Crippen LogP contribution in [0.5, 0.6) is 0 Å². The van der Waals surface area contributed by atoms with Gasteiger partial charge in [0.25, 0.3) is 0 Å². The quantitative estimate of drug-likeness (QED) is 0.827. The van der Waals surface area contributed by atoms with Gasteiger partial charge in [-0.05, 0) is 52.7 Å². The smallest absolute Gasteiger partial charge is 0.151 e. The first-order valence-electron chi connectivity index (χ1n) is 6.42. The summed E-state index contributed by atoms with van der Waals surface area (Å²) in [5.74, 6) is 0.704. The Labute approximate surface area is 118 Å². The molecule has 0 aliphatic carbocycles. The molecule has 1 saturated heterocycles. The molecule has 2 atom stereocenters. The van der Waals surface area contributed by atoms with Gasteiger partial charge in [0.1, 0.15) is 0 Å². The molecule has 0 aromatic heterocycles. The van der Waals surface area contributed by atoms with Crippen LogP contribution in [0.15, 0.2) is 0 Å². The summed E-state index contributed by atoms with van der Waals surface area (Å²) < 4.78 is 23.1. The summed E-state index contributed by atoms with van der Waals surface area (Å²) in [4.78, 5) is 2.20. The van der Waals surface area contributed by atoms with Crippen molar-refractivity contribution in [1.29, 1.82) is 0 Å². The maximum atomic E-state index is 11.5. The maximum absolute atomic E-state index is 11.5. The Kier molecular flexibility index (Phi) is 7.75. The van der Waals surface area contributed by atoms with E-state index in [2.05, 4.69) is 10.2 Å². The number of halogens is 1. The summed E-state index contributed by atoms with van der Waals surface area (Å²) in [5.41, 5.74) is 0. The molecule has 0 bridgehead atoms. The summed E-state index contributed by atoms with van der Waals surface area (Å²) in [6.07, 6.45) is 3.72. The fraction of sp³-hybridized carbons (Fsp3) is 1.00. The summed E-state index contributed by atoms with van der Waals surface area (Å²) in [6.45, 7) is 7.00. The normalized spacial score (nSPS) is 21.4. The second-order valence-electron chi connectivity index (χ2n) is 5.41. The van der Waals surface area contributed by atoms with Gasteiger partial charge in [0, 0.05) is 18.8 Å². The van der Waals surface area contributed by atoms with E-state index in [1.807, 2.05) is 14.0 Å². The molecular formula is C12H27ClN2O2S. The van der Waals surface area contributed by atoms with Gasteiger partial charge in [0.2, 0.25) is 0 Å². The zero-order chi connectivity index (χ0) is 13.1. The Morgan fingerprint density at radius 3 is 2.22 bits per heavy atom. The molecule has 6 heteroatoms. The van der Waals surface area contributed by atoms with Gasteiger partial charge >= 0.3 is 0 Å². The molecule has 110 valence electrons. The van der Waals surface area contributed by atoms with Crippen molar-refractivity contribution in [3.63, 3.8) is 0 Å². The molecule has 1 heterocycles. The van der Waals surface area contributed by atoms with Crippen LogP contribution in [0.3, 0.4) is 0 Å². The third-order valence-electron chi connectivity index (χ3n) is 4.05. The van der Waals surface area contributed by atoms with Crippen LogP contribution in [0, 0.1) is 5.92 Å². The topological polar surface area (TPSA) is 49.4 Å². The van der Waals surface area contributed by atoms with E-state index >= 15 is 0 Å². The highest BCUT2D eigenvalue weighted by Gasteiger charge is 2.27. The van der Waals surface area contributed by atoms with Crippen LogP contribution >= 0.6 is 12.4 Å². The van der Waals surface area contributed by atoms with Gasteiger partial charge in [-0.2, -0.15) is 0 Å². The number of rotatable bonds is 5. The van der Waals surface area contributed by atoms with Crippen molar-refractivity contribution >= 4 is 22.2 Å². The van der Waals surface area contributed by atoms with E-state index < -0.39 is 9.84 Å². The van der Waals surface area contributed by atoms with Gasteiger partial charge < -0.3 is 10.2 Å².